The van der Waals surface area contributed by atoms with E-state index in [1.807, 2.05) is 50.2 Å². The van der Waals surface area contributed by atoms with Crippen LogP contribution in [0, 0.1) is 13.8 Å². The number of ether oxygens (including phenoxy) is 2. The lowest BCUT2D eigenvalue weighted by Crippen LogP contribution is -2.28. The molecule has 3 aromatic rings. The van der Waals surface area contributed by atoms with Crippen LogP contribution in [-0.2, 0) is 11.2 Å². The Labute approximate surface area is 171 Å². The highest BCUT2D eigenvalue weighted by Crippen LogP contribution is 2.32. The van der Waals surface area contributed by atoms with Gasteiger partial charge in [0.1, 0.15) is 0 Å². The Hall–Kier alpha value is -3.08. The summed E-state index contributed by atoms with van der Waals surface area (Å²) in [5, 5.41) is 4.20. The summed E-state index contributed by atoms with van der Waals surface area (Å²) in [7, 11) is 0. The predicted molar refractivity (Wildman–Crippen MR) is 114 cm³/mol. The number of aryl methyl sites for hydroxylation is 2. The van der Waals surface area contributed by atoms with E-state index in [-0.39, 0.29) is 11.9 Å². The Kier molecular flexibility index (Phi) is 5.38. The summed E-state index contributed by atoms with van der Waals surface area (Å²) < 4.78 is 11.5. The summed E-state index contributed by atoms with van der Waals surface area (Å²) in [5.74, 6) is 1.48. The molecule has 0 spiro atoms. The summed E-state index contributed by atoms with van der Waals surface area (Å²) in [4.78, 5) is 17.5. The minimum atomic E-state index is -0.131. The molecular weight excluding hydrogens is 364 g/mol. The Morgan fingerprint density at radius 2 is 1.86 bits per heavy atom. The Balaban J connectivity index is 1.50. The molecule has 0 fully saturated rings. The fraction of sp³-hybridized carbons (Fsp3) is 0.333. The van der Waals surface area contributed by atoms with E-state index >= 15 is 0 Å². The third-order valence-electron chi connectivity index (χ3n) is 5.47. The van der Waals surface area contributed by atoms with Crippen LogP contribution in [0.1, 0.15) is 41.8 Å². The SMILES string of the molecule is Cc1nc2ccccc2c(C)c1CC(=O)NC(C)c1ccc2c(c1)OCCCO2. The molecule has 150 valence electrons. The minimum absolute atomic E-state index is 0.0205. The van der Waals surface area contributed by atoms with Gasteiger partial charge in [0, 0.05) is 17.5 Å². The van der Waals surface area contributed by atoms with Crippen LogP contribution in [0.3, 0.4) is 0 Å². The monoisotopic (exact) mass is 390 g/mol. The first-order valence-corrected chi connectivity index (χ1v) is 10.1. The van der Waals surface area contributed by atoms with Crippen molar-refractivity contribution < 1.29 is 14.3 Å². The van der Waals surface area contributed by atoms with Gasteiger partial charge >= 0.3 is 0 Å². The maximum Gasteiger partial charge on any atom is 0.224 e. The molecule has 1 N–H and O–H groups in total. The number of aromatic nitrogens is 1. The van der Waals surface area contributed by atoms with Crippen molar-refractivity contribution in [3.05, 3.63) is 64.8 Å². The highest BCUT2D eigenvalue weighted by Gasteiger charge is 2.17. The van der Waals surface area contributed by atoms with Crippen LogP contribution in [-0.4, -0.2) is 24.1 Å². The normalized spacial score (nSPS) is 14.3. The number of hydrogen-bond acceptors (Lipinski definition) is 4. The number of para-hydroxylation sites is 1. The van der Waals surface area contributed by atoms with Gasteiger partial charge in [-0.2, -0.15) is 0 Å². The summed E-state index contributed by atoms with van der Waals surface area (Å²) in [6, 6.07) is 13.8. The van der Waals surface area contributed by atoms with Crippen molar-refractivity contribution >= 4 is 16.8 Å². The largest absolute Gasteiger partial charge is 0.490 e. The van der Waals surface area contributed by atoms with Gasteiger partial charge in [-0.15, -0.1) is 0 Å². The number of carbonyl (C=O) groups is 1. The molecule has 5 heteroatoms. The first-order chi connectivity index (χ1) is 14.0. The quantitative estimate of drug-likeness (QED) is 0.716. The standard InChI is InChI=1S/C24H26N2O3/c1-15-19-7-4-5-8-21(19)25-17(3)20(15)14-24(27)26-16(2)18-9-10-22-23(13-18)29-12-6-11-28-22/h4-5,7-10,13,16H,6,11-12,14H2,1-3H3,(H,26,27). The molecule has 4 rings (SSSR count). The average Bonchev–Trinajstić information content (AvgIpc) is 2.96. The molecule has 5 nitrogen and oxygen atoms in total. The molecule has 29 heavy (non-hydrogen) atoms. The zero-order valence-corrected chi connectivity index (χ0v) is 17.1. The van der Waals surface area contributed by atoms with Gasteiger partial charge in [-0.25, -0.2) is 0 Å². The molecule has 0 aliphatic carbocycles. The molecule has 1 aliphatic heterocycles. The van der Waals surface area contributed by atoms with Gasteiger partial charge in [0.05, 0.1) is 31.2 Å². The predicted octanol–water partition coefficient (Wildman–Crippen LogP) is 4.43. The van der Waals surface area contributed by atoms with Gasteiger partial charge in [-0.3, -0.25) is 9.78 Å². The van der Waals surface area contributed by atoms with E-state index in [0.29, 0.717) is 19.6 Å². The number of benzene rings is 2. The number of amides is 1. The van der Waals surface area contributed by atoms with Crippen LogP contribution < -0.4 is 14.8 Å². The number of carbonyl (C=O) groups excluding carboxylic acids is 1. The van der Waals surface area contributed by atoms with E-state index in [2.05, 4.69) is 23.3 Å². The topological polar surface area (TPSA) is 60.5 Å². The van der Waals surface area contributed by atoms with Gasteiger partial charge < -0.3 is 14.8 Å². The molecule has 0 bridgehead atoms. The van der Waals surface area contributed by atoms with Gasteiger partial charge in [0.2, 0.25) is 5.91 Å². The molecular formula is C24H26N2O3. The number of hydrogen-bond donors (Lipinski definition) is 1. The van der Waals surface area contributed by atoms with E-state index in [1.165, 1.54) is 0 Å². The Bertz CT molecular complexity index is 1060. The van der Waals surface area contributed by atoms with Crippen molar-refractivity contribution in [1.29, 1.82) is 0 Å². The lowest BCUT2D eigenvalue weighted by atomic mass is 9.99. The van der Waals surface area contributed by atoms with E-state index < -0.39 is 0 Å². The zero-order valence-electron chi connectivity index (χ0n) is 17.1. The second-order valence-corrected chi connectivity index (χ2v) is 7.54. The van der Waals surface area contributed by atoms with Crippen molar-refractivity contribution in [2.24, 2.45) is 0 Å². The molecule has 0 radical (unpaired) electrons. The van der Waals surface area contributed by atoms with Gasteiger partial charge in [0.15, 0.2) is 11.5 Å². The minimum Gasteiger partial charge on any atom is -0.490 e. The molecule has 1 aromatic heterocycles. The van der Waals surface area contributed by atoms with Crippen molar-refractivity contribution in [3.8, 4) is 11.5 Å². The number of pyridine rings is 1. The maximum atomic E-state index is 12.8. The number of fused-ring (bicyclic) bond motifs is 2. The van der Waals surface area contributed by atoms with Gasteiger partial charge in [-0.05, 0) is 55.7 Å². The summed E-state index contributed by atoms with van der Waals surface area (Å²) in [6.45, 7) is 7.32. The third kappa shape index (κ3) is 4.04. The average molecular weight is 390 g/mol. The molecule has 0 saturated carbocycles. The molecule has 1 atom stereocenters. The fourth-order valence-electron chi connectivity index (χ4n) is 3.82. The second kappa shape index (κ2) is 8.11. The summed E-state index contributed by atoms with van der Waals surface area (Å²) in [5.41, 5.74) is 4.97. The van der Waals surface area contributed by atoms with Crippen LogP contribution in [0.25, 0.3) is 10.9 Å². The van der Waals surface area contributed by atoms with Crippen LogP contribution in [0.5, 0.6) is 11.5 Å². The van der Waals surface area contributed by atoms with Gasteiger partial charge in [0.25, 0.3) is 0 Å². The van der Waals surface area contributed by atoms with Crippen LogP contribution >= 0.6 is 0 Å². The lowest BCUT2D eigenvalue weighted by molar-refractivity contribution is -0.121. The van der Waals surface area contributed by atoms with E-state index in [1.54, 1.807) is 0 Å². The zero-order chi connectivity index (χ0) is 20.4. The van der Waals surface area contributed by atoms with Crippen molar-refractivity contribution in [2.45, 2.75) is 39.7 Å². The van der Waals surface area contributed by atoms with E-state index in [4.69, 9.17) is 9.47 Å². The molecule has 1 unspecified atom stereocenters. The highest BCUT2D eigenvalue weighted by molar-refractivity contribution is 5.86. The van der Waals surface area contributed by atoms with E-state index in [0.717, 1.165) is 51.2 Å². The maximum absolute atomic E-state index is 12.8. The Morgan fingerprint density at radius 1 is 1.10 bits per heavy atom. The fourth-order valence-corrected chi connectivity index (χ4v) is 3.82. The summed E-state index contributed by atoms with van der Waals surface area (Å²) >= 11 is 0. The number of nitrogens with one attached hydrogen (secondary N) is 1. The van der Waals surface area contributed by atoms with Crippen LogP contribution in [0.15, 0.2) is 42.5 Å². The number of nitrogens with zero attached hydrogens (tertiary/aromatic N) is 1. The first kappa shape index (κ1) is 19.2. The second-order valence-electron chi connectivity index (χ2n) is 7.54. The molecule has 2 heterocycles. The highest BCUT2D eigenvalue weighted by atomic mass is 16.5. The number of rotatable bonds is 4. The molecule has 2 aromatic carbocycles. The van der Waals surface area contributed by atoms with E-state index in [9.17, 15) is 4.79 Å². The molecule has 0 saturated heterocycles. The van der Waals surface area contributed by atoms with Crippen LogP contribution in [0.2, 0.25) is 0 Å². The van der Waals surface area contributed by atoms with Crippen LogP contribution in [0.4, 0.5) is 0 Å². The van der Waals surface area contributed by atoms with Crippen molar-refractivity contribution in [3.63, 3.8) is 0 Å². The lowest BCUT2D eigenvalue weighted by Gasteiger charge is -2.18. The van der Waals surface area contributed by atoms with Gasteiger partial charge in [-0.1, -0.05) is 24.3 Å². The molecule has 1 amide bonds. The smallest absolute Gasteiger partial charge is 0.224 e. The first-order valence-electron chi connectivity index (χ1n) is 10.1. The van der Waals surface area contributed by atoms with Crippen molar-refractivity contribution in [1.82, 2.24) is 10.3 Å². The molecule has 1 aliphatic rings. The Morgan fingerprint density at radius 3 is 2.69 bits per heavy atom. The summed E-state index contributed by atoms with van der Waals surface area (Å²) in [6.07, 6.45) is 1.18. The van der Waals surface area contributed by atoms with Crippen molar-refractivity contribution in [2.75, 3.05) is 13.2 Å². The third-order valence-corrected chi connectivity index (χ3v) is 5.47.